The van der Waals surface area contributed by atoms with Gasteiger partial charge in [0, 0.05) is 35.8 Å². The van der Waals surface area contributed by atoms with Crippen molar-refractivity contribution in [3.05, 3.63) is 28.2 Å². The van der Waals surface area contributed by atoms with Gasteiger partial charge in [0.2, 0.25) is 0 Å². The summed E-state index contributed by atoms with van der Waals surface area (Å²) in [5, 5.41) is 0. The lowest BCUT2D eigenvalue weighted by atomic mass is 10.1. The highest BCUT2D eigenvalue weighted by Crippen LogP contribution is 2.28. The Kier molecular flexibility index (Phi) is 5.47. The largest absolute Gasteiger partial charge is 0.373 e. The van der Waals surface area contributed by atoms with Crippen molar-refractivity contribution in [3.8, 4) is 0 Å². The quantitative estimate of drug-likeness (QED) is 0.892. The molecule has 1 heterocycles. The van der Waals surface area contributed by atoms with Gasteiger partial charge < -0.3 is 10.6 Å². The van der Waals surface area contributed by atoms with Crippen LogP contribution in [-0.4, -0.2) is 37.6 Å². The number of halogens is 1. The standard InChI is InChI=1S/C16H26BrN3/c1-4-20-9-5-6-14(20)11-19(3)13-7-8-15(12(2)18)16(17)10-13/h7-8,10,12,14H,4-6,9,11,18H2,1-3H3/t12-,14?/m0/s1. The number of nitrogens with two attached hydrogens (primary N) is 1. The highest BCUT2D eigenvalue weighted by molar-refractivity contribution is 9.10. The van der Waals surface area contributed by atoms with Crippen LogP contribution in [0, 0.1) is 0 Å². The van der Waals surface area contributed by atoms with Crippen molar-refractivity contribution in [2.24, 2.45) is 5.73 Å². The van der Waals surface area contributed by atoms with Gasteiger partial charge in [0.05, 0.1) is 0 Å². The van der Waals surface area contributed by atoms with E-state index in [-0.39, 0.29) is 6.04 Å². The Hall–Kier alpha value is -0.580. The smallest absolute Gasteiger partial charge is 0.0375 e. The monoisotopic (exact) mass is 339 g/mol. The number of likely N-dealkylation sites (tertiary alicyclic amines) is 1. The fourth-order valence-corrected chi connectivity index (χ4v) is 3.79. The Labute approximate surface area is 131 Å². The summed E-state index contributed by atoms with van der Waals surface area (Å²) in [5.74, 6) is 0. The van der Waals surface area contributed by atoms with E-state index < -0.39 is 0 Å². The minimum atomic E-state index is 0.0640. The van der Waals surface area contributed by atoms with E-state index in [2.05, 4.69) is 57.9 Å². The number of anilines is 1. The Morgan fingerprint density at radius 1 is 1.50 bits per heavy atom. The fourth-order valence-electron chi connectivity index (χ4n) is 3.06. The van der Waals surface area contributed by atoms with E-state index in [0.717, 1.165) is 17.6 Å². The normalized spacial score (nSPS) is 21.1. The lowest BCUT2D eigenvalue weighted by Crippen LogP contribution is -2.38. The molecule has 1 aliphatic heterocycles. The first kappa shape index (κ1) is 15.8. The Bertz CT molecular complexity index is 447. The first-order chi connectivity index (χ1) is 9.52. The molecule has 0 aromatic heterocycles. The van der Waals surface area contributed by atoms with Crippen molar-refractivity contribution in [2.45, 2.75) is 38.8 Å². The summed E-state index contributed by atoms with van der Waals surface area (Å²) in [6.45, 7) is 7.78. The van der Waals surface area contributed by atoms with Crippen LogP contribution >= 0.6 is 15.9 Å². The summed E-state index contributed by atoms with van der Waals surface area (Å²) >= 11 is 3.64. The average Bonchev–Trinajstić information content (AvgIpc) is 2.85. The van der Waals surface area contributed by atoms with E-state index in [1.54, 1.807) is 0 Å². The van der Waals surface area contributed by atoms with Crippen LogP contribution in [0.15, 0.2) is 22.7 Å². The van der Waals surface area contributed by atoms with Crippen LogP contribution < -0.4 is 10.6 Å². The molecule has 1 saturated heterocycles. The molecule has 0 radical (unpaired) electrons. The van der Waals surface area contributed by atoms with Gasteiger partial charge >= 0.3 is 0 Å². The van der Waals surface area contributed by atoms with Gasteiger partial charge in [-0.15, -0.1) is 0 Å². The predicted octanol–water partition coefficient (Wildman–Crippen LogP) is 3.39. The van der Waals surface area contributed by atoms with E-state index >= 15 is 0 Å². The van der Waals surface area contributed by atoms with Crippen molar-refractivity contribution >= 4 is 21.6 Å². The maximum Gasteiger partial charge on any atom is 0.0375 e. The van der Waals surface area contributed by atoms with Crippen molar-refractivity contribution in [1.82, 2.24) is 4.90 Å². The van der Waals surface area contributed by atoms with E-state index in [4.69, 9.17) is 5.73 Å². The third kappa shape index (κ3) is 3.54. The molecule has 1 aliphatic rings. The van der Waals surface area contributed by atoms with Gasteiger partial charge in [-0.2, -0.15) is 0 Å². The van der Waals surface area contributed by atoms with Gasteiger partial charge in [-0.05, 0) is 50.6 Å². The molecule has 0 amide bonds. The maximum absolute atomic E-state index is 5.96. The summed E-state index contributed by atoms with van der Waals surface area (Å²) in [6.07, 6.45) is 2.65. The lowest BCUT2D eigenvalue weighted by Gasteiger charge is -2.29. The molecule has 112 valence electrons. The first-order valence-corrected chi connectivity index (χ1v) is 8.32. The van der Waals surface area contributed by atoms with Crippen LogP contribution in [0.4, 0.5) is 5.69 Å². The maximum atomic E-state index is 5.96. The first-order valence-electron chi connectivity index (χ1n) is 7.53. The molecule has 1 aromatic rings. The molecule has 1 fully saturated rings. The van der Waals surface area contributed by atoms with Crippen molar-refractivity contribution in [1.29, 1.82) is 0 Å². The molecule has 2 N–H and O–H groups in total. The lowest BCUT2D eigenvalue weighted by molar-refractivity contribution is 0.270. The Balaban J connectivity index is 2.05. The zero-order valence-electron chi connectivity index (χ0n) is 12.8. The van der Waals surface area contributed by atoms with Crippen LogP contribution in [0.2, 0.25) is 0 Å². The molecule has 20 heavy (non-hydrogen) atoms. The molecule has 2 atom stereocenters. The SMILES string of the molecule is CCN1CCCC1CN(C)c1ccc([C@H](C)N)c(Br)c1. The molecule has 0 spiro atoms. The fraction of sp³-hybridized carbons (Fsp3) is 0.625. The second-order valence-corrected chi connectivity index (χ2v) is 6.65. The number of nitrogens with zero attached hydrogens (tertiary/aromatic N) is 2. The van der Waals surface area contributed by atoms with E-state index in [0.29, 0.717) is 6.04 Å². The Morgan fingerprint density at radius 3 is 2.85 bits per heavy atom. The van der Waals surface area contributed by atoms with Crippen LogP contribution in [-0.2, 0) is 0 Å². The minimum absolute atomic E-state index is 0.0640. The minimum Gasteiger partial charge on any atom is -0.373 e. The van der Waals surface area contributed by atoms with Crippen LogP contribution in [0.5, 0.6) is 0 Å². The van der Waals surface area contributed by atoms with E-state index in [1.165, 1.54) is 30.6 Å². The zero-order chi connectivity index (χ0) is 14.7. The van der Waals surface area contributed by atoms with E-state index in [1.807, 2.05) is 6.92 Å². The average molecular weight is 340 g/mol. The summed E-state index contributed by atoms with van der Waals surface area (Å²) in [7, 11) is 2.18. The second-order valence-electron chi connectivity index (χ2n) is 5.80. The number of benzene rings is 1. The van der Waals surface area contributed by atoms with Crippen LogP contribution in [0.3, 0.4) is 0 Å². The van der Waals surface area contributed by atoms with Gasteiger partial charge in [0.15, 0.2) is 0 Å². The van der Waals surface area contributed by atoms with E-state index in [9.17, 15) is 0 Å². The molecular weight excluding hydrogens is 314 g/mol. The summed E-state index contributed by atoms with van der Waals surface area (Å²) in [6, 6.07) is 7.25. The molecule has 2 rings (SSSR count). The second kappa shape index (κ2) is 6.92. The predicted molar refractivity (Wildman–Crippen MR) is 90.3 cm³/mol. The van der Waals surface area contributed by atoms with Gasteiger partial charge in [-0.3, -0.25) is 4.90 Å². The molecule has 4 heteroatoms. The third-order valence-corrected chi connectivity index (χ3v) is 4.99. The number of rotatable bonds is 5. The van der Waals surface area contributed by atoms with Crippen LogP contribution in [0.25, 0.3) is 0 Å². The third-order valence-electron chi connectivity index (χ3n) is 4.31. The molecular formula is C16H26BrN3. The molecule has 1 unspecified atom stereocenters. The Morgan fingerprint density at radius 2 is 2.25 bits per heavy atom. The van der Waals surface area contributed by atoms with Crippen LogP contribution in [0.1, 0.15) is 38.3 Å². The molecule has 3 nitrogen and oxygen atoms in total. The van der Waals surface area contributed by atoms with Gasteiger partial charge in [0.1, 0.15) is 0 Å². The summed E-state index contributed by atoms with van der Waals surface area (Å²) < 4.78 is 1.11. The highest BCUT2D eigenvalue weighted by Gasteiger charge is 2.24. The molecule has 1 aromatic carbocycles. The topological polar surface area (TPSA) is 32.5 Å². The van der Waals surface area contributed by atoms with Gasteiger partial charge in [-0.25, -0.2) is 0 Å². The van der Waals surface area contributed by atoms with Gasteiger partial charge in [0.25, 0.3) is 0 Å². The number of hydrogen-bond acceptors (Lipinski definition) is 3. The summed E-state index contributed by atoms with van der Waals surface area (Å²) in [4.78, 5) is 4.94. The molecule has 0 aliphatic carbocycles. The van der Waals surface area contributed by atoms with Gasteiger partial charge in [-0.1, -0.05) is 28.9 Å². The highest BCUT2D eigenvalue weighted by atomic mass is 79.9. The molecule has 0 saturated carbocycles. The number of hydrogen-bond donors (Lipinski definition) is 1. The molecule has 0 bridgehead atoms. The summed E-state index contributed by atoms with van der Waals surface area (Å²) in [5.41, 5.74) is 8.38. The van der Waals surface area contributed by atoms with Crippen molar-refractivity contribution in [3.63, 3.8) is 0 Å². The zero-order valence-corrected chi connectivity index (χ0v) is 14.4. The van der Waals surface area contributed by atoms with Crippen molar-refractivity contribution < 1.29 is 0 Å². The number of likely N-dealkylation sites (N-methyl/N-ethyl adjacent to an activating group) is 2. The van der Waals surface area contributed by atoms with Crippen molar-refractivity contribution in [2.75, 3.05) is 31.6 Å².